The van der Waals surface area contributed by atoms with Crippen molar-refractivity contribution < 1.29 is 23.5 Å². The standard InChI is InChI=1S/C16H18ClFN2O4/c1-9-12(15(21)24-8-7-23-3)14(19-16(22)20(9)2)13-10(17)5-4-6-11(13)18/h4-6,14H,7-8H2,1-3H3,(H,19,22)/t14-/m0/s1. The van der Waals surface area contributed by atoms with Crippen molar-refractivity contribution in [2.75, 3.05) is 27.4 Å². The van der Waals surface area contributed by atoms with E-state index in [1.165, 1.54) is 37.3 Å². The summed E-state index contributed by atoms with van der Waals surface area (Å²) >= 11 is 6.09. The van der Waals surface area contributed by atoms with E-state index in [1.54, 1.807) is 6.92 Å². The molecule has 0 saturated carbocycles. The lowest BCUT2D eigenvalue weighted by Gasteiger charge is -2.33. The number of allylic oxidation sites excluding steroid dienone is 1. The number of methoxy groups -OCH3 is 1. The average Bonchev–Trinajstić information content (AvgIpc) is 2.52. The molecule has 1 aliphatic rings. The number of nitrogens with zero attached hydrogens (tertiary/aromatic N) is 1. The molecule has 1 atom stereocenters. The summed E-state index contributed by atoms with van der Waals surface area (Å²) in [5.74, 6) is -1.28. The minimum absolute atomic E-state index is 0.0265. The topological polar surface area (TPSA) is 67.9 Å². The summed E-state index contributed by atoms with van der Waals surface area (Å²) in [5.41, 5.74) is 0.518. The molecule has 1 aromatic rings. The first kappa shape index (κ1) is 18.2. The number of amides is 2. The summed E-state index contributed by atoms with van der Waals surface area (Å²) in [6.07, 6.45) is 0. The van der Waals surface area contributed by atoms with Crippen LogP contribution in [0.2, 0.25) is 5.02 Å². The molecule has 0 aliphatic carbocycles. The number of esters is 1. The van der Waals surface area contributed by atoms with Crippen LogP contribution in [0, 0.1) is 5.82 Å². The first-order chi connectivity index (χ1) is 11.4. The number of nitrogens with one attached hydrogen (secondary N) is 1. The van der Waals surface area contributed by atoms with Crippen molar-refractivity contribution in [3.8, 4) is 0 Å². The van der Waals surface area contributed by atoms with Crippen LogP contribution in [-0.2, 0) is 14.3 Å². The Morgan fingerprint density at radius 3 is 2.75 bits per heavy atom. The second-order valence-corrected chi connectivity index (χ2v) is 5.61. The summed E-state index contributed by atoms with van der Waals surface area (Å²) in [5, 5.41) is 2.70. The zero-order valence-electron chi connectivity index (χ0n) is 13.6. The molecule has 1 aromatic carbocycles. The fourth-order valence-electron chi connectivity index (χ4n) is 2.40. The second-order valence-electron chi connectivity index (χ2n) is 5.20. The third-order valence-electron chi connectivity index (χ3n) is 3.78. The van der Waals surface area contributed by atoms with Gasteiger partial charge in [-0.1, -0.05) is 17.7 Å². The number of rotatable bonds is 5. The lowest BCUT2D eigenvalue weighted by molar-refractivity contribution is -0.140. The quantitative estimate of drug-likeness (QED) is 0.650. The summed E-state index contributed by atoms with van der Waals surface area (Å²) in [7, 11) is 2.99. The van der Waals surface area contributed by atoms with Gasteiger partial charge in [0.1, 0.15) is 12.4 Å². The van der Waals surface area contributed by atoms with Gasteiger partial charge in [0.15, 0.2) is 0 Å². The van der Waals surface area contributed by atoms with Gasteiger partial charge < -0.3 is 19.7 Å². The average molecular weight is 357 g/mol. The van der Waals surface area contributed by atoms with Gasteiger partial charge in [0, 0.05) is 30.4 Å². The van der Waals surface area contributed by atoms with E-state index in [4.69, 9.17) is 21.1 Å². The first-order valence-electron chi connectivity index (χ1n) is 7.23. The van der Waals surface area contributed by atoms with Gasteiger partial charge in [-0.05, 0) is 19.1 Å². The number of hydrogen-bond acceptors (Lipinski definition) is 4. The first-order valence-corrected chi connectivity index (χ1v) is 7.61. The molecule has 0 saturated heterocycles. The molecule has 0 fully saturated rings. The highest BCUT2D eigenvalue weighted by Crippen LogP contribution is 2.35. The molecule has 0 radical (unpaired) electrons. The van der Waals surface area contributed by atoms with E-state index in [-0.39, 0.29) is 29.4 Å². The van der Waals surface area contributed by atoms with Crippen molar-refractivity contribution >= 4 is 23.6 Å². The Kier molecular flexibility index (Phi) is 5.80. The van der Waals surface area contributed by atoms with Crippen LogP contribution in [-0.4, -0.2) is 44.3 Å². The van der Waals surface area contributed by atoms with E-state index in [9.17, 15) is 14.0 Å². The van der Waals surface area contributed by atoms with Crippen LogP contribution >= 0.6 is 11.6 Å². The smallest absolute Gasteiger partial charge is 0.338 e. The van der Waals surface area contributed by atoms with E-state index in [1.807, 2.05) is 0 Å². The number of carbonyl (C=O) groups excluding carboxylic acids is 2. The van der Waals surface area contributed by atoms with Gasteiger partial charge in [0.25, 0.3) is 0 Å². The van der Waals surface area contributed by atoms with E-state index in [0.717, 1.165) is 0 Å². The van der Waals surface area contributed by atoms with Crippen LogP contribution in [0.1, 0.15) is 18.5 Å². The molecule has 1 heterocycles. The molecule has 1 aliphatic heterocycles. The van der Waals surface area contributed by atoms with Crippen molar-refractivity contribution in [1.82, 2.24) is 10.2 Å². The van der Waals surface area contributed by atoms with Gasteiger partial charge in [0.05, 0.1) is 18.2 Å². The Morgan fingerprint density at radius 1 is 1.42 bits per heavy atom. The molecule has 2 rings (SSSR count). The van der Waals surface area contributed by atoms with Gasteiger partial charge in [-0.15, -0.1) is 0 Å². The van der Waals surface area contributed by atoms with Crippen molar-refractivity contribution in [3.63, 3.8) is 0 Å². The van der Waals surface area contributed by atoms with E-state index >= 15 is 0 Å². The highest BCUT2D eigenvalue weighted by atomic mass is 35.5. The number of benzene rings is 1. The predicted molar refractivity (Wildman–Crippen MR) is 86.0 cm³/mol. The molecule has 8 heteroatoms. The zero-order valence-corrected chi connectivity index (χ0v) is 14.3. The largest absolute Gasteiger partial charge is 0.460 e. The van der Waals surface area contributed by atoms with Crippen LogP contribution in [0.3, 0.4) is 0 Å². The maximum atomic E-state index is 14.3. The van der Waals surface area contributed by atoms with Crippen molar-refractivity contribution in [2.45, 2.75) is 13.0 Å². The molecule has 130 valence electrons. The summed E-state index contributed by atoms with van der Waals surface area (Å²) in [6, 6.07) is 2.66. The second kappa shape index (κ2) is 7.63. The maximum absolute atomic E-state index is 14.3. The molecule has 0 bridgehead atoms. The molecule has 6 nitrogen and oxygen atoms in total. The summed E-state index contributed by atoms with van der Waals surface area (Å²) in [6.45, 7) is 1.86. The molecular formula is C16H18ClFN2O4. The minimum atomic E-state index is -1.03. The van der Waals surface area contributed by atoms with Gasteiger partial charge in [0.2, 0.25) is 0 Å². The number of ether oxygens (including phenoxy) is 2. The summed E-state index contributed by atoms with van der Waals surface area (Å²) < 4.78 is 24.3. The van der Waals surface area contributed by atoms with E-state index < -0.39 is 23.9 Å². The third-order valence-corrected chi connectivity index (χ3v) is 4.11. The fraction of sp³-hybridized carbons (Fsp3) is 0.375. The van der Waals surface area contributed by atoms with Gasteiger partial charge in [-0.3, -0.25) is 0 Å². The molecule has 24 heavy (non-hydrogen) atoms. The Labute approximate surface area is 144 Å². The normalized spacial score (nSPS) is 17.8. The lowest BCUT2D eigenvalue weighted by atomic mass is 9.94. The van der Waals surface area contributed by atoms with Gasteiger partial charge >= 0.3 is 12.0 Å². The minimum Gasteiger partial charge on any atom is -0.460 e. The number of hydrogen-bond donors (Lipinski definition) is 1. The van der Waals surface area contributed by atoms with E-state index in [0.29, 0.717) is 5.70 Å². The van der Waals surface area contributed by atoms with Crippen LogP contribution in [0.5, 0.6) is 0 Å². The Bertz CT molecular complexity index is 672. The molecule has 2 amide bonds. The number of carbonyl (C=O) groups is 2. The monoisotopic (exact) mass is 356 g/mol. The fourth-order valence-corrected chi connectivity index (χ4v) is 2.67. The van der Waals surface area contributed by atoms with Crippen LogP contribution in [0.15, 0.2) is 29.5 Å². The highest BCUT2D eigenvalue weighted by Gasteiger charge is 2.37. The van der Waals surface area contributed by atoms with E-state index in [2.05, 4.69) is 5.32 Å². The number of urea groups is 1. The van der Waals surface area contributed by atoms with Crippen LogP contribution in [0.25, 0.3) is 0 Å². The Hall–Kier alpha value is -2.12. The lowest BCUT2D eigenvalue weighted by Crippen LogP contribution is -2.46. The van der Waals surface area contributed by atoms with Crippen molar-refractivity contribution in [1.29, 1.82) is 0 Å². The van der Waals surface area contributed by atoms with Crippen LogP contribution < -0.4 is 5.32 Å². The predicted octanol–water partition coefficient (Wildman–Crippen LogP) is 2.64. The van der Waals surface area contributed by atoms with Gasteiger partial charge in [-0.25, -0.2) is 14.0 Å². The molecule has 0 aromatic heterocycles. The Balaban J connectivity index is 2.47. The Morgan fingerprint density at radius 2 is 2.12 bits per heavy atom. The maximum Gasteiger partial charge on any atom is 0.338 e. The zero-order chi connectivity index (χ0) is 17.9. The molecule has 1 N–H and O–H groups in total. The third kappa shape index (κ3) is 3.52. The number of halogens is 2. The molecule has 0 spiro atoms. The molecular weight excluding hydrogens is 339 g/mol. The highest BCUT2D eigenvalue weighted by molar-refractivity contribution is 6.31. The van der Waals surface area contributed by atoms with Crippen molar-refractivity contribution in [3.05, 3.63) is 45.9 Å². The van der Waals surface area contributed by atoms with Crippen molar-refractivity contribution in [2.24, 2.45) is 0 Å². The SMILES string of the molecule is COCCOC(=O)C1=C(C)N(C)C(=O)N[C@@H]1c1c(F)cccc1Cl. The van der Waals surface area contributed by atoms with Crippen LogP contribution in [0.4, 0.5) is 9.18 Å². The summed E-state index contributed by atoms with van der Waals surface area (Å²) in [4.78, 5) is 25.8. The van der Waals surface area contributed by atoms with Gasteiger partial charge in [-0.2, -0.15) is 0 Å². The molecule has 0 unspecified atom stereocenters.